The average molecular weight is 481 g/mol. The Morgan fingerprint density at radius 2 is 1.97 bits per heavy atom. The first-order valence-corrected chi connectivity index (χ1v) is 11.4. The van der Waals surface area contributed by atoms with Gasteiger partial charge in [0.15, 0.2) is 0 Å². The molecule has 2 aromatic heterocycles. The van der Waals surface area contributed by atoms with E-state index in [1.54, 1.807) is 41.3 Å². The summed E-state index contributed by atoms with van der Waals surface area (Å²) in [5.74, 6) is -0.0251. The zero-order chi connectivity index (χ0) is 24.6. The smallest absolute Gasteiger partial charge is 0.255 e. The van der Waals surface area contributed by atoms with Crippen LogP contribution >= 0.6 is 0 Å². The number of amides is 1. The Morgan fingerprint density at radius 3 is 2.89 bits per heavy atom. The van der Waals surface area contributed by atoms with Gasteiger partial charge in [0.2, 0.25) is 0 Å². The molecule has 0 spiro atoms. The van der Waals surface area contributed by atoms with Crippen LogP contribution in [-0.4, -0.2) is 46.1 Å². The lowest BCUT2D eigenvalue weighted by Crippen LogP contribution is -2.29. The number of ether oxygens (including phenoxy) is 1. The van der Waals surface area contributed by atoms with E-state index in [1.165, 1.54) is 12.1 Å². The summed E-state index contributed by atoms with van der Waals surface area (Å²) in [6.07, 6.45) is 3.38. The van der Waals surface area contributed by atoms with Crippen LogP contribution in [0.25, 0.3) is 27.8 Å². The van der Waals surface area contributed by atoms with Crippen molar-refractivity contribution in [1.82, 2.24) is 20.0 Å². The van der Waals surface area contributed by atoms with Crippen LogP contribution in [-0.2, 0) is 0 Å². The number of nitrogens with one attached hydrogen (secondary N) is 1. The van der Waals surface area contributed by atoms with Crippen molar-refractivity contribution in [2.75, 3.05) is 30.4 Å². The second-order valence-corrected chi connectivity index (χ2v) is 8.50. The van der Waals surface area contributed by atoms with Crippen molar-refractivity contribution in [3.05, 3.63) is 90.5 Å². The number of rotatable bonds is 4. The third-order valence-corrected chi connectivity index (χ3v) is 6.18. The van der Waals surface area contributed by atoms with Crippen molar-refractivity contribution < 1.29 is 13.9 Å². The number of halogens is 1. The first-order valence-electron chi connectivity index (χ1n) is 11.4. The summed E-state index contributed by atoms with van der Waals surface area (Å²) in [7, 11) is 1.96. The molecule has 1 aliphatic rings. The van der Waals surface area contributed by atoms with Crippen LogP contribution in [0, 0.1) is 5.82 Å². The van der Waals surface area contributed by atoms with Crippen LogP contribution < -0.4 is 15.0 Å². The molecule has 0 bridgehead atoms. The lowest BCUT2D eigenvalue weighted by atomic mass is 10.1. The van der Waals surface area contributed by atoms with Crippen molar-refractivity contribution in [2.45, 2.75) is 0 Å². The van der Waals surface area contributed by atoms with Crippen LogP contribution in [0.1, 0.15) is 10.4 Å². The molecule has 9 heteroatoms. The van der Waals surface area contributed by atoms with Crippen LogP contribution in [0.5, 0.6) is 5.75 Å². The monoisotopic (exact) mass is 480 g/mol. The molecule has 1 amide bonds. The van der Waals surface area contributed by atoms with Gasteiger partial charge in [0.1, 0.15) is 23.9 Å². The molecule has 8 nitrogen and oxygen atoms in total. The Labute approximate surface area is 206 Å². The Kier molecular flexibility index (Phi) is 5.29. The quantitative estimate of drug-likeness (QED) is 0.401. The van der Waals surface area contributed by atoms with Gasteiger partial charge in [-0.2, -0.15) is 0 Å². The molecule has 178 valence electrons. The highest BCUT2D eigenvalue weighted by atomic mass is 19.1. The predicted molar refractivity (Wildman–Crippen MR) is 135 cm³/mol. The molecule has 5 aromatic rings. The Bertz CT molecular complexity index is 1610. The second-order valence-electron chi connectivity index (χ2n) is 8.50. The molecular weight excluding hydrogens is 459 g/mol. The minimum atomic E-state index is -0.466. The normalized spacial score (nSPS) is 12.8. The summed E-state index contributed by atoms with van der Waals surface area (Å²) >= 11 is 0. The highest BCUT2D eigenvalue weighted by molar-refractivity contribution is 6.05. The molecule has 0 fully saturated rings. The summed E-state index contributed by atoms with van der Waals surface area (Å²) in [5.41, 5.74) is 3.96. The molecule has 1 N–H and O–H groups in total. The number of likely N-dealkylation sites (N-methyl/N-ethyl adjacent to an activating group) is 1. The molecule has 36 heavy (non-hydrogen) atoms. The molecular formula is C27H21FN6O2. The fraction of sp³-hybridized carbons (Fsp3) is 0.111. The standard InChI is InChI=1S/C27H21FN6O2/c1-33-12-13-36-26-10-7-17(14-25(26)33)27(35)30-18-8-9-21(28)20(15-18)23-16-34(32-31-23)24-6-2-5-22-19(24)4-3-11-29-22/h2-11,14-16H,12-13H2,1H3,(H,30,35). The summed E-state index contributed by atoms with van der Waals surface area (Å²) in [5, 5.41) is 12.1. The number of hydrogen-bond acceptors (Lipinski definition) is 6. The minimum Gasteiger partial charge on any atom is -0.490 e. The van der Waals surface area contributed by atoms with E-state index < -0.39 is 5.82 Å². The van der Waals surface area contributed by atoms with E-state index in [0.29, 0.717) is 23.6 Å². The summed E-state index contributed by atoms with van der Waals surface area (Å²) in [4.78, 5) is 19.4. The number of fused-ring (bicyclic) bond motifs is 2. The number of carbonyl (C=O) groups is 1. The van der Waals surface area contributed by atoms with Gasteiger partial charge in [-0.3, -0.25) is 9.78 Å². The lowest BCUT2D eigenvalue weighted by molar-refractivity contribution is 0.102. The van der Waals surface area contributed by atoms with Crippen molar-refractivity contribution in [3.8, 4) is 22.7 Å². The zero-order valence-corrected chi connectivity index (χ0v) is 19.4. The molecule has 3 heterocycles. The highest BCUT2D eigenvalue weighted by Crippen LogP contribution is 2.32. The molecule has 0 unspecified atom stereocenters. The largest absolute Gasteiger partial charge is 0.490 e. The fourth-order valence-corrected chi connectivity index (χ4v) is 4.29. The van der Waals surface area contributed by atoms with Gasteiger partial charge in [0.05, 0.1) is 29.6 Å². The van der Waals surface area contributed by atoms with Crippen LogP contribution in [0.3, 0.4) is 0 Å². The van der Waals surface area contributed by atoms with Gasteiger partial charge in [0.25, 0.3) is 5.91 Å². The van der Waals surface area contributed by atoms with Crippen LogP contribution in [0.4, 0.5) is 15.8 Å². The maximum atomic E-state index is 14.8. The van der Waals surface area contributed by atoms with E-state index in [-0.39, 0.29) is 11.5 Å². The third kappa shape index (κ3) is 3.90. The topological polar surface area (TPSA) is 85.2 Å². The Morgan fingerprint density at radius 1 is 1.06 bits per heavy atom. The molecule has 1 aliphatic heterocycles. The van der Waals surface area contributed by atoms with Gasteiger partial charge in [0, 0.05) is 35.4 Å². The van der Waals surface area contributed by atoms with Crippen molar-refractivity contribution in [2.24, 2.45) is 0 Å². The second kappa shape index (κ2) is 8.77. The molecule has 0 saturated heterocycles. The van der Waals surface area contributed by atoms with Gasteiger partial charge in [-0.05, 0) is 60.7 Å². The number of anilines is 2. The van der Waals surface area contributed by atoms with E-state index in [9.17, 15) is 9.18 Å². The first-order chi connectivity index (χ1) is 17.6. The SMILES string of the molecule is CN1CCOc2ccc(C(=O)Nc3ccc(F)c(-c4cn(-c5cccc6ncccc56)nn4)c3)cc21. The van der Waals surface area contributed by atoms with Gasteiger partial charge >= 0.3 is 0 Å². The van der Waals surface area contributed by atoms with Gasteiger partial charge in [-0.25, -0.2) is 9.07 Å². The maximum absolute atomic E-state index is 14.8. The number of benzene rings is 3. The number of carbonyl (C=O) groups excluding carboxylic acids is 1. The molecule has 0 aliphatic carbocycles. The molecule has 0 radical (unpaired) electrons. The maximum Gasteiger partial charge on any atom is 0.255 e. The van der Waals surface area contributed by atoms with Crippen LogP contribution in [0.15, 0.2) is 79.1 Å². The number of hydrogen-bond donors (Lipinski definition) is 1. The Balaban J connectivity index is 1.28. The minimum absolute atomic E-state index is 0.232. The molecule has 3 aromatic carbocycles. The van der Waals surface area contributed by atoms with E-state index >= 15 is 0 Å². The van der Waals surface area contributed by atoms with Crippen molar-refractivity contribution >= 4 is 28.2 Å². The Hall–Kier alpha value is -4.79. The van der Waals surface area contributed by atoms with Crippen LogP contribution in [0.2, 0.25) is 0 Å². The summed E-state index contributed by atoms with van der Waals surface area (Å²) in [6.45, 7) is 1.35. The fourth-order valence-electron chi connectivity index (χ4n) is 4.29. The van der Waals surface area contributed by atoms with Gasteiger partial charge in [-0.15, -0.1) is 5.10 Å². The van der Waals surface area contributed by atoms with E-state index in [4.69, 9.17) is 4.74 Å². The first kappa shape index (κ1) is 21.7. The third-order valence-electron chi connectivity index (χ3n) is 6.18. The van der Waals surface area contributed by atoms with Gasteiger partial charge in [-0.1, -0.05) is 11.3 Å². The predicted octanol–water partition coefficient (Wildman–Crippen LogP) is 4.70. The van der Waals surface area contributed by atoms with E-state index in [2.05, 4.69) is 20.6 Å². The summed E-state index contributed by atoms with van der Waals surface area (Å²) < 4.78 is 22.0. The zero-order valence-electron chi connectivity index (χ0n) is 19.4. The van der Waals surface area contributed by atoms with Crippen molar-refractivity contribution in [1.29, 1.82) is 0 Å². The van der Waals surface area contributed by atoms with Gasteiger partial charge < -0.3 is 15.0 Å². The number of pyridine rings is 1. The highest BCUT2D eigenvalue weighted by Gasteiger charge is 2.18. The molecule has 6 rings (SSSR count). The number of aromatic nitrogens is 4. The number of nitrogens with zero attached hydrogens (tertiary/aromatic N) is 5. The molecule has 0 saturated carbocycles. The summed E-state index contributed by atoms with van der Waals surface area (Å²) in [6, 6.07) is 19.2. The van der Waals surface area contributed by atoms with E-state index in [1.807, 2.05) is 42.3 Å². The average Bonchev–Trinajstić information content (AvgIpc) is 3.39. The van der Waals surface area contributed by atoms with Crippen molar-refractivity contribution in [3.63, 3.8) is 0 Å². The van der Waals surface area contributed by atoms with E-state index in [0.717, 1.165) is 34.6 Å². The lowest BCUT2D eigenvalue weighted by Gasteiger charge is -2.27. The molecule has 0 atom stereocenters.